The molecule has 1 heterocycles. The van der Waals surface area contributed by atoms with Crippen molar-refractivity contribution >= 4 is 50.9 Å². The molecule has 0 aliphatic carbocycles. The fourth-order valence-corrected chi connectivity index (χ4v) is 5.37. The highest BCUT2D eigenvalue weighted by Gasteiger charge is 2.34. The minimum Gasteiger partial charge on any atom is -0.455 e. The van der Waals surface area contributed by atoms with E-state index in [4.69, 9.17) is 16.3 Å². The second-order valence-electron chi connectivity index (χ2n) is 7.04. The molecule has 0 saturated carbocycles. The van der Waals surface area contributed by atoms with Gasteiger partial charge < -0.3 is 10.1 Å². The van der Waals surface area contributed by atoms with E-state index in [9.17, 15) is 18.0 Å². The quantitative estimate of drug-likeness (QED) is 0.478. The Balaban J connectivity index is 1.55. The maximum Gasteiger partial charge on any atom is 0.310 e. The third-order valence-electron chi connectivity index (χ3n) is 4.87. The third kappa shape index (κ3) is 6.22. The number of benzene rings is 2. The van der Waals surface area contributed by atoms with Crippen molar-refractivity contribution in [2.24, 2.45) is 5.92 Å². The Kier molecular flexibility index (Phi) is 7.99. The molecule has 1 aliphatic heterocycles. The average molecular weight is 483 g/mol. The molecule has 7 nitrogen and oxygen atoms in total. The summed E-state index contributed by atoms with van der Waals surface area (Å²) in [6.45, 7) is -0.0923. The van der Waals surface area contributed by atoms with Gasteiger partial charge in [-0.05, 0) is 61.6 Å². The molecule has 0 radical (unpaired) electrons. The van der Waals surface area contributed by atoms with E-state index in [1.165, 1.54) is 28.6 Å². The van der Waals surface area contributed by atoms with Crippen molar-refractivity contribution in [3.8, 4) is 0 Å². The van der Waals surface area contributed by atoms with Crippen LogP contribution < -0.4 is 5.32 Å². The lowest BCUT2D eigenvalue weighted by Crippen LogP contribution is -2.43. The number of rotatable bonds is 7. The summed E-state index contributed by atoms with van der Waals surface area (Å²) in [4.78, 5) is 25.7. The Morgan fingerprint density at radius 3 is 2.68 bits per heavy atom. The summed E-state index contributed by atoms with van der Waals surface area (Å²) in [5.41, 5.74) is 0.616. The van der Waals surface area contributed by atoms with Crippen LogP contribution in [0.15, 0.2) is 58.3 Å². The van der Waals surface area contributed by atoms with Crippen molar-refractivity contribution in [2.75, 3.05) is 31.3 Å². The highest BCUT2D eigenvalue weighted by molar-refractivity contribution is 7.98. The molecule has 31 heavy (non-hydrogen) atoms. The van der Waals surface area contributed by atoms with Gasteiger partial charge in [-0.25, -0.2) is 8.42 Å². The van der Waals surface area contributed by atoms with Gasteiger partial charge in [-0.15, -0.1) is 11.8 Å². The van der Waals surface area contributed by atoms with E-state index in [1.807, 2.05) is 24.5 Å². The number of carbonyl (C=O) groups is 2. The van der Waals surface area contributed by atoms with Crippen LogP contribution in [0.5, 0.6) is 0 Å². The molecule has 1 fully saturated rings. The molecular weight excluding hydrogens is 460 g/mol. The Morgan fingerprint density at radius 1 is 1.23 bits per heavy atom. The van der Waals surface area contributed by atoms with Crippen LogP contribution in [-0.2, 0) is 24.3 Å². The largest absolute Gasteiger partial charge is 0.455 e. The standard InChI is InChI=1S/C21H23ClN2O5S2/c1-30-18-6-2-5-17(12-18)23-20(25)14-29-21(26)15-4-3-11-24(13-15)31(27,28)19-9-7-16(22)8-10-19/h2,5-10,12,15H,3-4,11,13-14H2,1H3,(H,23,25). The summed E-state index contributed by atoms with van der Waals surface area (Å²) in [5.74, 6) is -1.65. The number of carbonyl (C=O) groups excluding carboxylic acids is 2. The summed E-state index contributed by atoms with van der Waals surface area (Å²) in [5, 5.41) is 3.13. The zero-order valence-electron chi connectivity index (χ0n) is 16.9. The maximum absolute atomic E-state index is 12.9. The number of ether oxygens (including phenoxy) is 1. The van der Waals surface area contributed by atoms with Crippen molar-refractivity contribution < 1.29 is 22.7 Å². The monoisotopic (exact) mass is 482 g/mol. The van der Waals surface area contributed by atoms with Crippen LogP contribution in [-0.4, -0.2) is 50.6 Å². The first-order valence-electron chi connectivity index (χ1n) is 9.66. The number of thioether (sulfide) groups is 1. The first kappa shape index (κ1) is 23.6. The molecule has 0 bridgehead atoms. The van der Waals surface area contributed by atoms with E-state index in [0.717, 1.165) is 4.90 Å². The van der Waals surface area contributed by atoms with Crippen LogP contribution in [0.4, 0.5) is 5.69 Å². The van der Waals surface area contributed by atoms with E-state index in [0.29, 0.717) is 30.1 Å². The van der Waals surface area contributed by atoms with Gasteiger partial charge in [0.05, 0.1) is 10.8 Å². The number of nitrogens with one attached hydrogen (secondary N) is 1. The van der Waals surface area contributed by atoms with E-state index in [-0.39, 0.29) is 11.4 Å². The van der Waals surface area contributed by atoms with Crippen LogP contribution in [0.3, 0.4) is 0 Å². The maximum atomic E-state index is 12.9. The summed E-state index contributed by atoms with van der Waals surface area (Å²) in [6, 6.07) is 13.2. The second kappa shape index (κ2) is 10.5. The average Bonchev–Trinajstić information content (AvgIpc) is 2.78. The van der Waals surface area contributed by atoms with Crippen LogP contribution in [0.25, 0.3) is 0 Å². The lowest BCUT2D eigenvalue weighted by atomic mass is 10.00. The minimum atomic E-state index is -3.74. The van der Waals surface area contributed by atoms with Crippen LogP contribution in [0, 0.1) is 5.92 Å². The Labute approximate surface area is 191 Å². The van der Waals surface area contributed by atoms with Crippen LogP contribution in [0.2, 0.25) is 5.02 Å². The molecule has 2 aromatic carbocycles. The number of halogens is 1. The third-order valence-corrected chi connectivity index (χ3v) is 7.72. The molecule has 0 aromatic heterocycles. The first-order valence-corrected chi connectivity index (χ1v) is 12.7. The lowest BCUT2D eigenvalue weighted by molar-refractivity contribution is -0.152. The number of piperidine rings is 1. The van der Waals surface area contributed by atoms with Gasteiger partial charge in [0.25, 0.3) is 5.91 Å². The predicted octanol–water partition coefficient (Wildman–Crippen LogP) is 3.64. The SMILES string of the molecule is CSc1cccc(NC(=O)COC(=O)C2CCCN(S(=O)(=O)c3ccc(Cl)cc3)C2)c1. The highest BCUT2D eigenvalue weighted by Crippen LogP contribution is 2.25. The Bertz CT molecular complexity index is 1040. The Hall–Kier alpha value is -2.07. The van der Waals surface area contributed by atoms with Crippen molar-refractivity contribution in [1.82, 2.24) is 4.31 Å². The molecule has 2 aromatic rings. The summed E-state index contributed by atoms with van der Waals surface area (Å²) >= 11 is 7.39. The summed E-state index contributed by atoms with van der Waals surface area (Å²) in [6.07, 6.45) is 2.96. The van der Waals surface area contributed by atoms with Gasteiger partial charge in [0.1, 0.15) is 0 Å². The van der Waals surface area contributed by atoms with Gasteiger partial charge in [-0.3, -0.25) is 9.59 Å². The van der Waals surface area contributed by atoms with Gasteiger partial charge in [0, 0.05) is 28.7 Å². The number of amides is 1. The van der Waals surface area contributed by atoms with Crippen molar-refractivity contribution in [2.45, 2.75) is 22.6 Å². The predicted molar refractivity (Wildman–Crippen MR) is 121 cm³/mol. The van der Waals surface area contributed by atoms with Crippen LogP contribution in [0.1, 0.15) is 12.8 Å². The molecule has 10 heteroatoms. The fraction of sp³-hybridized carbons (Fsp3) is 0.333. The molecule has 166 valence electrons. The van der Waals surface area contributed by atoms with E-state index in [2.05, 4.69) is 5.32 Å². The molecule has 0 spiro atoms. The van der Waals surface area contributed by atoms with Crippen LogP contribution >= 0.6 is 23.4 Å². The summed E-state index contributed by atoms with van der Waals surface area (Å²) in [7, 11) is -3.74. The number of esters is 1. The van der Waals surface area contributed by atoms with E-state index in [1.54, 1.807) is 17.8 Å². The topological polar surface area (TPSA) is 92.8 Å². The molecule has 1 unspecified atom stereocenters. The van der Waals surface area contributed by atoms with Crippen molar-refractivity contribution in [3.63, 3.8) is 0 Å². The molecule has 1 atom stereocenters. The lowest BCUT2D eigenvalue weighted by Gasteiger charge is -2.30. The number of anilines is 1. The molecular formula is C21H23ClN2O5S2. The Morgan fingerprint density at radius 2 is 1.97 bits per heavy atom. The number of nitrogens with zero attached hydrogens (tertiary/aromatic N) is 1. The zero-order valence-corrected chi connectivity index (χ0v) is 19.3. The number of hydrogen-bond donors (Lipinski definition) is 1. The summed E-state index contributed by atoms with van der Waals surface area (Å²) < 4.78 is 32.1. The molecule has 1 N–H and O–H groups in total. The van der Waals surface area contributed by atoms with Gasteiger partial charge in [0.2, 0.25) is 10.0 Å². The van der Waals surface area contributed by atoms with Gasteiger partial charge in [-0.2, -0.15) is 4.31 Å². The molecule has 1 amide bonds. The minimum absolute atomic E-state index is 0.0151. The normalized spacial score (nSPS) is 17.2. The fourth-order valence-electron chi connectivity index (χ4n) is 3.26. The highest BCUT2D eigenvalue weighted by atomic mass is 35.5. The van der Waals surface area contributed by atoms with E-state index >= 15 is 0 Å². The second-order valence-corrected chi connectivity index (χ2v) is 10.3. The number of sulfonamides is 1. The zero-order chi connectivity index (χ0) is 22.4. The molecule has 1 saturated heterocycles. The van der Waals surface area contributed by atoms with E-state index < -0.39 is 34.4 Å². The van der Waals surface area contributed by atoms with Gasteiger partial charge >= 0.3 is 5.97 Å². The van der Waals surface area contributed by atoms with Gasteiger partial charge in [0.15, 0.2) is 6.61 Å². The molecule has 3 rings (SSSR count). The van der Waals surface area contributed by atoms with Crippen molar-refractivity contribution in [1.29, 1.82) is 0 Å². The first-order chi connectivity index (χ1) is 14.8. The smallest absolute Gasteiger partial charge is 0.310 e. The van der Waals surface area contributed by atoms with Gasteiger partial charge in [-0.1, -0.05) is 17.7 Å². The number of hydrogen-bond acceptors (Lipinski definition) is 6. The molecule has 1 aliphatic rings. The van der Waals surface area contributed by atoms with Crippen molar-refractivity contribution in [3.05, 3.63) is 53.6 Å².